The molecule has 0 aromatic carbocycles. The average Bonchev–Trinajstić information content (AvgIpc) is 2.25. The molecule has 0 amide bonds. The Morgan fingerprint density at radius 2 is 1.76 bits per heavy atom. The second-order valence-electron chi connectivity index (χ2n) is 4.67. The molecule has 8 heteroatoms. The van der Waals surface area contributed by atoms with Crippen molar-refractivity contribution in [2.45, 2.75) is 52.2 Å². The lowest BCUT2D eigenvalue weighted by molar-refractivity contribution is -0.231. The summed E-state index contributed by atoms with van der Waals surface area (Å²) in [5, 5.41) is 8.14. The fourth-order valence-electron chi connectivity index (χ4n) is 1.26. The highest BCUT2D eigenvalue weighted by Gasteiger charge is 2.34. The number of rotatable bonds is 5. The summed E-state index contributed by atoms with van der Waals surface area (Å²) in [6.45, 7) is 5.32. The van der Waals surface area contributed by atoms with E-state index in [1.54, 1.807) is 0 Å². The topological polar surface area (TPSA) is 116 Å². The van der Waals surface area contributed by atoms with Gasteiger partial charge in [0.2, 0.25) is 0 Å². The third-order valence-corrected chi connectivity index (χ3v) is 2.06. The zero-order chi connectivity index (χ0) is 16.5. The molecule has 0 aromatic heterocycles. The van der Waals surface area contributed by atoms with E-state index in [1.165, 1.54) is 13.8 Å². The number of ether oxygens (including phenoxy) is 3. The van der Waals surface area contributed by atoms with Crippen molar-refractivity contribution in [2.75, 3.05) is 6.61 Å². The van der Waals surface area contributed by atoms with Crippen molar-refractivity contribution >= 4 is 23.9 Å². The van der Waals surface area contributed by atoms with Crippen LogP contribution in [0.1, 0.15) is 46.5 Å². The highest BCUT2D eigenvalue weighted by Crippen LogP contribution is 2.18. The second kappa shape index (κ2) is 8.93. The molecule has 0 bridgehead atoms. The van der Waals surface area contributed by atoms with Crippen LogP contribution in [0.2, 0.25) is 0 Å². The van der Waals surface area contributed by atoms with Crippen LogP contribution in [0, 0.1) is 0 Å². The summed E-state index contributed by atoms with van der Waals surface area (Å²) in [6, 6.07) is 0. The minimum Gasteiger partial charge on any atom is -0.481 e. The summed E-state index contributed by atoms with van der Waals surface area (Å²) >= 11 is 0. The molecule has 0 radical (unpaired) electrons. The van der Waals surface area contributed by atoms with Gasteiger partial charge in [-0.25, -0.2) is 0 Å². The third-order valence-electron chi connectivity index (χ3n) is 2.06. The number of carboxylic acids is 1. The Hall–Kier alpha value is -2.12. The number of carbonyl (C=O) groups is 4. The molecule has 120 valence electrons. The van der Waals surface area contributed by atoms with Gasteiger partial charge in [-0.1, -0.05) is 13.3 Å². The van der Waals surface area contributed by atoms with Crippen molar-refractivity contribution in [1.82, 2.24) is 0 Å². The second-order valence-corrected chi connectivity index (χ2v) is 4.67. The zero-order valence-corrected chi connectivity index (χ0v) is 12.3. The van der Waals surface area contributed by atoms with Crippen molar-refractivity contribution in [2.24, 2.45) is 0 Å². The molecular weight excluding hydrogens is 284 g/mol. The molecule has 1 saturated heterocycles. The minimum atomic E-state index is -1.15. The zero-order valence-electron chi connectivity index (χ0n) is 12.3. The van der Waals surface area contributed by atoms with Gasteiger partial charge in [0.05, 0.1) is 6.61 Å². The number of aliphatic carboxylic acids is 1. The predicted molar refractivity (Wildman–Crippen MR) is 69.0 cm³/mol. The maximum absolute atomic E-state index is 10.6. The standard InChI is InChI=1S/C7H12O4.C6H8O4/c1-2-3-4-11-7(10)5-6(8)9;1-6(2)9-4(7)3-5(8)10-6/h2-5H2,1H3,(H,8,9);3H2,1-2H3. The summed E-state index contributed by atoms with van der Waals surface area (Å²) in [5.74, 6) is -3.94. The number of hydrogen-bond donors (Lipinski definition) is 1. The first kappa shape index (κ1) is 18.9. The molecule has 21 heavy (non-hydrogen) atoms. The summed E-state index contributed by atoms with van der Waals surface area (Å²) in [5.41, 5.74) is 0. The molecule has 1 fully saturated rings. The fraction of sp³-hybridized carbons (Fsp3) is 0.692. The molecule has 0 aromatic rings. The van der Waals surface area contributed by atoms with Gasteiger partial charge >= 0.3 is 23.9 Å². The number of carbonyl (C=O) groups excluding carboxylic acids is 3. The Morgan fingerprint density at radius 1 is 1.24 bits per heavy atom. The lowest BCUT2D eigenvalue weighted by Gasteiger charge is -2.28. The molecule has 1 heterocycles. The van der Waals surface area contributed by atoms with Gasteiger partial charge in [0.15, 0.2) is 0 Å². The Bertz CT molecular complexity index is 381. The van der Waals surface area contributed by atoms with Crippen molar-refractivity contribution < 1.29 is 38.5 Å². The normalized spacial score (nSPS) is 16.0. The van der Waals surface area contributed by atoms with Crippen LogP contribution < -0.4 is 0 Å². The van der Waals surface area contributed by atoms with E-state index >= 15 is 0 Å². The van der Waals surface area contributed by atoms with Crippen molar-refractivity contribution in [3.8, 4) is 0 Å². The van der Waals surface area contributed by atoms with Crippen LogP contribution in [0.15, 0.2) is 0 Å². The van der Waals surface area contributed by atoms with Gasteiger partial charge in [-0.05, 0) is 6.42 Å². The molecule has 0 atom stereocenters. The van der Waals surface area contributed by atoms with Crippen LogP contribution in [0.4, 0.5) is 0 Å². The maximum atomic E-state index is 10.6. The quantitative estimate of drug-likeness (QED) is 0.454. The maximum Gasteiger partial charge on any atom is 0.320 e. The Morgan fingerprint density at radius 3 is 2.14 bits per heavy atom. The number of esters is 3. The van der Waals surface area contributed by atoms with Crippen LogP contribution in [0.25, 0.3) is 0 Å². The van der Waals surface area contributed by atoms with Crippen molar-refractivity contribution in [1.29, 1.82) is 0 Å². The first-order valence-electron chi connectivity index (χ1n) is 6.47. The fourth-order valence-corrected chi connectivity index (χ4v) is 1.26. The first-order valence-corrected chi connectivity index (χ1v) is 6.47. The van der Waals surface area contributed by atoms with Gasteiger partial charge in [0, 0.05) is 13.8 Å². The summed E-state index contributed by atoms with van der Waals surface area (Å²) in [7, 11) is 0. The Balaban J connectivity index is 0.000000382. The largest absolute Gasteiger partial charge is 0.481 e. The van der Waals surface area contributed by atoms with Crippen LogP contribution in [0.5, 0.6) is 0 Å². The molecule has 0 aliphatic carbocycles. The van der Waals surface area contributed by atoms with Gasteiger partial charge in [-0.3, -0.25) is 19.2 Å². The van der Waals surface area contributed by atoms with Crippen LogP contribution >= 0.6 is 0 Å². The third kappa shape index (κ3) is 10.3. The first-order chi connectivity index (χ1) is 9.66. The molecule has 1 rings (SSSR count). The monoisotopic (exact) mass is 304 g/mol. The van der Waals surface area contributed by atoms with E-state index in [4.69, 9.17) is 5.11 Å². The SMILES string of the molecule is CC1(C)OC(=O)CC(=O)O1.CCCCOC(=O)CC(=O)O. The molecule has 1 aliphatic heterocycles. The van der Waals surface area contributed by atoms with Gasteiger partial charge in [-0.15, -0.1) is 0 Å². The molecular formula is C13H20O8. The van der Waals surface area contributed by atoms with Gasteiger partial charge in [-0.2, -0.15) is 0 Å². The van der Waals surface area contributed by atoms with E-state index in [9.17, 15) is 19.2 Å². The lowest BCUT2D eigenvalue weighted by Crippen LogP contribution is -2.39. The van der Waals surface area contributed by atoms with E-state index in [0.29, 0.717) is 6.61 Å². The smallest absolute Gasteiger partial charge is 0.320 e. The van der Waals surface area contributed by atoms with E-state index in [0.717, 1.165) is 12.8 Å². The predicted octanol–water partition coefficient (Wildman–Crippen LogP) is 1.02. The Labute approximate surface area is 122 Å². The molecule has 0 saturated carbocycles. The van der Waals surface area contributed by atoms with E-state index in [2.05, 4.69) is 14.2 Å². The molecule has 1 N–H and O–H groups in total. The average molecular weight is 304 g/mol. The van der Waals surface area contributed by atoms with Crippen LogP contribution in [0.3, 0.4) is 0 Å². The summed E-state index contributed by atoms with van der Waals surface area (Å²) in [4.78, 5) is 41.6. The number of carboxylic acid groups (broad SMARTS) is 1. The molecule has 8 nitrogen and oxygen atoms in total. The molecule has 0 unspecified atom stereocenters. The van der Waals surface area contributed by atoms with Gasteiger partial charge in [0.25, 0.3) is 5.79 Å². The Kier molecular flexibility index (Phi) is 8.03. The lowest BCUT2D eigenvalue weighted by atomic mass is 10.3. The highest BCUT2D eigenvalue weighted by atomic mass is 16.7. The minimum absolute atomic E-state index is 0.274. The van der Waals surface area contributed by atoms with Crippen LogP contribution in [-0.4, -0.2) is 41.4 Å². The van der Waals surface area contributed by atoms with E-state index in [-0.39, 0.29) is 6.42 Å². The van der Waals surface area contributed by atoms with E-state index in [1.807, 2.05) is 6.92 Å². The highest BCUT2D eigenvalue weighted by molar-refractivity contribution is 5.93. The summed E-state index contributed by atoms with van der Waals surface area (Å²) < 4.78 is 13.9. The van der Waals surface area contributed by atoms with E-state index < -0.39 is 36.1 Å². The summed E-state index contributed by atoms with van der Waals surface area (Å²) in [6.07, 6.45) is 0.902. The molecule has 1 aliphatic rings. The number of unbranched alkanes of at least 4 members (excludes halogenated alkanes) is 1. The van der Waals surface area contributed by atoms with Gasteiger partial charge < -0.3 is 19.3 Å². The van der Waals surface area contributed by atoms with Crippen molar-refractivity contribution in [3.63, 3.8) is 0 Å². The molecule has 0 spiro atoms. The number of hydrogen-bond acceptors (Lipinski definition) is 7. The van der Waals surface area contributed by atoms with Crippen LogP contribution in [-0.2, 0) is 33.4 Å². The van der Waals surface area contributed by atoms with Gasteiger partial charge in [0.1, 0.15) is 12.8 Å². The number of cyclic esters (lactones) is 2. The van der Waals surface area contributed by atoms with Crippen molar-refractivity contribution in [3.05, 3.63) is 0 Å².